The van der Waals surface area contributed by atoms with Gasteiger partial charge in [-0.25, -0.2) is 9.97 Å². The molecule has 0 bridgehead atoms. The molecular weight excluding hydrogens is 240 g/mol. The lowest BCUT2D eigenvalue weighted by Crippen LogP contribution is -2.31. The number of hydrogen-bond acceptors (Lipinski definition) is 4. The molecule has 0 aliphatic heterocycles. The van der Waals surface area contributed by atoms with Crippen LogP contribution in [0.1, 0.15) is 26.6 Å². The fourth-order valence-corrected chi connectivity index (χ4v) is 1.43. The van der Waals surface area contributed by atoms with Gasteiger partial charge in [-0.2, -0.15) is 0 Å². The Kier molecular flexibility index (Phi) is 3.93. The maximum atomic E-state index is 10.9. The first-order valence-corrected chi connectivity index (χ1v) is 5.62. The lowest BCUT2D eigenvalue weighted by molar-refractivity contribution is -0.116. The molecule has 2 N–H and O–H groups in total. The van der Waals surface area contributed by atoms with Gasteiger partial charge < -0.3 is 10.6 Å². The predicted octanol–water partition coefficient (Wildman–Crippen LogP) is 1.35. The summed E-state index contributed by atoms with van der Waals surface area (Å²) in [4.78, 5) is 21.1. The number of carbonyl (C=O) groups excluding carboxylic acids is 1. The Labute approximate surface area is 106 Å². The molecule has 1 amide bonds. The lowest BCUT2D eigenvalue weighted by atomic mass is 9.96. The predicted molar refractivity (Wildman–Crippen MR) is 68.2 cm³/mol. The van der Waals surface area contributed by atoms with Gasteiger partial charge in [-0.3, -0.25) is 4.79 Å². The summed E-state index contributed by atoms with van der Waals surface area (Å²) in [5, 5.41) is 0.358. The van der Waals surface area contributed by atoms with E-state index in [2.05, 4.69) is 9.97 Å². The average Bonchev–Trinajstić information content (AvgIpc) is 2.14. The summed E-state index contributed by atoms with van der Waals surface area (Å²) in [6.07, 6.45) is 0. The van der Waals surface area contributed by atoms with Crippen molar-refractivity contribution in [1.82, 2.24) is 9.97 Å². The molecule has 0 atom stereocenters. The number of likely N-dealkylation sites (N-methyl/N-ethyl adjacent to an activating group) is 1. The minimum Gasteiger partial charge on any atom is -0.368 e. The molecule has 0 aromatic carbocycles. The fourth-order valence-electron chi connectivity index (χ4n) is 1.25. The minimum absolute atomic E-state index is 0.0942. The standard InChI is InChI=1S/C11H17ClN4O/c1-11(2,3)10-14-7(12)5-9(15-10)16(4)6-8(13)17/h5H,6H2,1-4H3,(H2,13,17). The first-order valence-electron chi connectivity index (χ1n) is 5.24. The fraction of sp³-hybridized carbons (Fsp3) is 0.545. The van der Waals surface area contributed by atoms with E-state index in [-0.39, 0.29) is 12.0 Å². The van der Waals surface area contributed by atoms with E-state index in [0.717, 1.165) is 0 Å². The van der Waals surface area contributed by atoms with Gasteiger partial charge in [-0.15, -0.1) is 0 Å². The van der Waals surface area contributed by atoms with Crippen LogP contribution in [0.4, 0.5) is 5.82 Å². The summed E-state index contributed by atoms with van der Waals surface area (Å²) in [6.45, 7) is 6.08. The van der Waals surface area contributed by atoms with Gasteiger partial charge in [0.25, 0.3) is 0 Å². The molecule has 1 aromatic rings. The van der Waals surface area contributed by atoms with Crippen LogP contribution in [0.5, 0.6) is 0 Å². The highest BCUT2D eigenvalue weighted by Crippen LogP contribution is 2.23. The summed E-state index contributed by atoms with van der Waals surface area (Å²) in [5.41, 5.74) is 4.93. The highest BCUT2D eigenvalue weighted by molar-refractivity contribution is 6.29. The SMILES string of the molecule is CN(CC(N)=O)c1cc(Cl)nc(C(C)(C)C)n1. The van der Waals surface area contributed by atoms with E-state index in [9.17, 15) is 4.79 Å². The Bertz CT molecular complexity index is 428. The third-order valence-electron chi connectivity index (χ3n) is 2.14. The molecule has 94 valence electrons. The molecule has 0 saturated carbocycles. The second-order valence-corrected chi connectivity index (χ2v) is 5.33. The van der Waals surface area contributed by atoms with Crippen LogP contribution < -0.4 is 10.6 Å². The molecule has 0 saturated heterocycles. The Morgan fingerprint density at radius 3 is 2.53 bits per heavy atom. The molecule has 1 aromatic heterocycles. The number of nitrogens with zero attached hydrogens (tertiary/aromatic N) is 3. The number of hydrogen-bond donors (Lipinski definition) is 1. The van der Waals surface area contributed by atoms with Crippen molar-refractivity contribution in [2.45, 2.75) is 26.2 Å². The quantitative estimate of drug-likeness (QED) is 0.829. The minimum atomic E-state index is -0.417. The summed E-state index contributed by atoms with van der Waals surface area (Å²) in [7, 11) is 1.73. The van der Waals surface area contributed by atoms with Gasteiger partial charge in [0, 0.05) is 18.5 Å². The number of anilines is 1. The molecule has 17 heavy (non-hydrogen) atoms. The van der Waals surface area contributed by atoms with Crippen molar-refractivity contribution in [3.63, 3.8) is 0 Å². The zero-order valence-electron chi connectivity index (χ0n) is 10.5. The smallest absolute Gasteiger partial charge is 0.236 e. The molecule has 0 fully saturated rings. The largest absolute Gasteiger partial charge is 0.368 e. The number of carbonyl (C=O) groups is 1. The number of nitrogens with two attached hydrogens (primary N) is 1. The monoisotopic (exact) mass is 256 g/mol. The van der Waals surface area contributed by atoms with Crippen molar-refractivity contribution in [3.05, 3.63) is 17.0 Å². The van der Waals surface area contributed by atoms with Gasteiger partial charge >= 0.3 is 0 Å². The molecule has 0 aliphatic rings. The van der Waals surface area contributed by atoms with E-state index in [1.807, 2.05) is 20.8 Å². The Morgan fingerprint density at radius 1 is 1.47 bits per heavy atom. The lowest BCUT2D eigenvalue weighted by Gasteiger charge is -2.21. The van der Waals surface area contributed by atoms with Crippen LogP contribution in [0, 0.1) is 0 Å². The Morgan fingerprint density at radius 2 is 2.06 bits per heavy atom. The molecule has 6 heteroatoms. The van der Waals surface area contributed by atoms with E-state index >= 15 is 0 Å². The molecule has 0 spiro atoms. The van der Waals surface area contributed by atoms with Crippen LogP contribution in [0.3, 0.4) is 0 Å². The normalized spacial score (nSPS) is 11.4. The third kappa shape index (κ3) is 3.85. The number of halogens is 1. The molecule has 0 unspecified atom stereocenters. The third-order valence-corrected chi connectivity index (χ3v) is 2.33. The summed E-state index contributed by atoms with van der Waals surface area (Å²) in [6, 6.07) is 1.61. The van der Waals surface area contributed by atoms with Gasteiger partial charge in [-0.05, 0) is 0 Å². The zero-order valence-corrected chi connectivity index (χ0v) is 11.2. The average molecular weight is 257 g/mol. The van der Waals surface area contributed by atoms with Gasteiger partial charge in [0.2, 0.25) is 5.91 Å². The van der Waals surface area contributed by atoms with Gasteiger partial charge in [0.1, 0.15) is 16.8 Å². The van der Waals surface area contributed by atoms with Crippen LogP contribution >= 0.6 is 11.6 Å². The van der Waals surface area contributed by atoms with Crippen LogP contribution in [0.25, 0.3) is 0 Å². The van der Waals surface area contributed by atoms with Crippen LogP contribution in [0.15, 0.2) is 6.07 Å². The number of primary amides is 1. The summed E-state index contributed by atoms with van der Waals surface area (Å²) in [5.74, 6) is 0.810. The second-order valence-electron chi connectivity index (χ2n) is 4.94. The zero-order chi connectivity index (χ0) is 13.2. The second kappa shape index (κ2) is 4.87. The van der Waals surface area contributed by atoms with Crippen molar-refractivity contribution in [2.24, 2.45) is 5.73 Å². The first-order chi connectivity index (χ1) is 7.70. The summed E-state index contributed by atoms with van der Waals surface area (Å²) < 4.78 is 0. The van der Waals surface area contributed by atoms with Crippen molar-refractivity contribution in [2.75, 3.05) is 18.5 Å². The first kappa shape index (κ1) is 13.7. The van der Waals surface area contributed by atoms with Crippen molar-refractivity contribution >= 4 is 23.3 Å². The van der Waals surface area contributed by atoms with E-state index in [1.165, 1.54) is 0 Å². The van der Waals surface area contributed by atoms with Crippen LogP contribution in [-0.2, 0) is 10.2 Å². The number of rotatable bonds is 3. The van der Waals surface area contributed by atoms with Crippen LogP contribution in [-0.4, -0.2) is 29.5 Å². The topological polar surface area (TPSA) is 72.1 Å². The number of aromatic nitrogens is 2. The summed E-state index contributed by atoms with van der Waals surface area (Å²) >= 11 is 5.94. The Balaban J connectivity index is 3.09. The molecule has 0 radical (unpaired) electrons. The maximum Gasteiger partial charge on any atom is 0.236 e. The molecule has 0 aliphatic carbocycles. The molecule has 1 heterocycles. The van der Waals surface area contributed by atoms with E-state index in [4.69, 9.17) is 17.3 Å². The highest BCUT2D eigenvalue weighted by Gasteiger charge is 2.20. The maximum absolute atomic E-state index is 10.9. The van der Waals surface area contributed by atoms with E-state index < -0.39 is 5.91 Å². The van der Waals surface area contributed by atoms with E-state index in [1.54, 1.807) is 18.0 Å². The molecular formula is C11H17ClN4O. The van der Waals surface area contributed by atoms with Crippen molar-refractivity contribution < 1.29 is 4.79 Å². The molecule has 1 rings (SSSR count). The molecule has 5 nitrogen and oxygen atoms in total. The van der Waals surface area contributed by atoms with Gasteiger partial charge in [0.15, 0.2) is 0 Å². The van der Waals surface area contributed by atoms with Crippen LogP contribution in [0.2, 0.25) is 5.15 Å². The Hall–Kier alpha value is -1.36. The van der Waals surface area contributed by atoms with E-state index in [0.29, 0.717) is 16.8 Å². The van der Waals surface area contributed by atoms with Gasteiger partial charge in [0.05, 0.1) is 6.54 Å². The number of amides is 1. The van der Waals surface area contributed by atoms with Crippen molar-refractivity contribution in [1.29, 1.82) is 0 Å². The van der Waals surface area contributed by atoms with Gasteiger partial charge in [-0.1, -0.05) is 32.4 Å². The highest BCUT2D eigenvalue weighted by atomic mass is 35.5. The van der Waals surface area contributed by atoms with Crippen molar-refractivity contribution in [3.8, 4) is 0 Å².